The molecule has 0 aliphatic rings. The second kappa shape index (κ2) is 5.73. The fraction of sp³-hybridized carbons (Fsp3) is 0.143. The first-order valence-corrected chi connectivity index (χ1v) is 5.69. The van der Waals surface area contributed by atoms with Gasteiger partial charge in [-0.25, -0.2) is 0 Å². The molecule has 2 aromatic rings. The van der Waals surface area contributed by atoms with Crippen molar-refractivity contribution < 1.29 is 22.7 Å². The standard InChI is InChI=1S/C14H10F3NO2/c15-14(16,17)9-20-12-4-3-11(8-19)13(6-12)10-2-1-5-18-7-10/h1-8H,9H2. The highest BCUT2D eigenvalue weighted by Gasteiger charge is 2.28. The van der Waals surface area contributed by atoms with Crippen LogP contribution in [0.4, 0.5) is 13.2 Å². The molecule has 0 aliphatic heterocycles. The van der Waals surface area contributed by atoms with Crippen molar-refractivity contribution in [2.24, 2.45) is 0 Å². The van der Waals surface area contributed by atoms with Gasteiger partial charge in [0.25, 0.3) is 0 Å². The van der Waals surface area contributed by atoms with Crippen LogP contribution in [0.5, 0.6) is 5.75 Å². The number of hydrogen-bond acceptors (Lipinski definition) is 3. The zero-order chi connectivity index (χ0) is 14.6. The van der Waals surface area contributed by atoms with Gasteiger partial charge in [0, 0.05) is 23.5 Å². The lowest BCUT2D eigenvalue weighted by Crippen LogP contribution is -2.19. The van der Waals surface area contributed by atoms with Crippen LogP contribution in [0.3, 0.4) is 0 Å². The van der Waals surface area contributed by atoms with Gasteiger partial charge in [0.05, 0.1) is 0 Å². The maximum atomic E-state index is 12.1. The summed E-state index contributed by atoms with van der Waals surface area (Å²) in [7, 11) is 0. The van der Waals surface area contributed by atoms with E-state index in [1.165, 1.54) is 24.4 Å². The number of hydrogen-bond donors (Lipinski definition) is 0. The minimum absolute atomic E-state index is 0.0479. The molecule has 0 saturated heterocycles. The Bertz CT molecular complexity index is 597. The molecule has 0 unspecified atom stereocenters. The average Bonchev–Trinajstić information content (AvgIpc) is 2.45. The number of aldehydes is 1. The van der Waals surface area contributed by atoms with Crippen molar-refractivity contribution in [3.63, 3.8) is 0 Å². The van der Waals surface area contributed by atoms with Crippen molar-refractivity contribution in [1.82, 2.24) is 4.98 Å². The van der Waals surface area contributed by atoms with E-state index in [4.69, 9.17) is 0 Å². The summed E-state index contributed by atoms with van der Waals surface area (Å²) in [5.74, 6) is 0.0479. The van der Waals surface area contributed by atoms with Crippen LogP contribution in [0.1, 0.15) is 10.4 Å². The monoisotopic (exact) mass is 281 g/mol. The Labute approximate surface area is 113 Å². The Balaban J connectivity index is 2.32. The molecule has 6 heteroatoms. The predicted molar refractivity (Wildman–Crippen MR) is 66.6 cm³/mol. The third kappa shape index (κ3) is 3.57. The molecule has 0 atom stereocenters. The fourth-order valence-electron chi connectivity index (χ4n) is 1.67. The molecule has 0 saturated carbocycles. The quantitative estimate of drug-likeness (QED) is 0.805. The van der Waals surface area contributed by atoms with Gasteiger partial charge in [-0.05, 0) is 29.8 Å². The van der Waals surface area contributed by atoms with E-state index in [1.807, 2.05) is 0 Å². The molecule has 0 radical (unpaired) electrons. The minimum Gasteiger partial charge on any atom is -0.484 e. The normalized spacial score (nSPS) is 11.2. The van der Waals surface area contributed by atoms with Gasteiger partial charge in [-0.1, -0.05) is 6.07 Å². The second-order valence-corrected chi connectivity index (χ2v) is 4.01. The van der Waals surface area contributed by atoms with Crippen molar-refractivity contribution in [3.05, 3.63) is 48.3 Å². The number of carbonyl (C=O) groups excluding carboxylic acids is 1. The van der Waals surface area contributed by atoms with Crippen molar-refractivity contribution in [1.29, 1.82) is 0 Å². The molecule has 0 spiro atoms. The zero-order valence-corrected chi connectivity index (χ0v) is 10.2. The molecule has 0 amide bonds. The molecule has 0 aliphatic carbocycles. The highest BCUT2D eigenvalue weighted by molar-refractivity contribution is 5.88. The van der Waals surface area contributed by atoms with Crippen LogP contribution >= 0.6 is 0 Å². The van der Waals surface area contributed by atoms with Gasteiger partial charge in [-0.2, -0.15) is 13.2 Å². The van der Waals surface area contributed by atoms with Gasteiger partial charge in [0.15, 0.2) is 12.9 Å². The number of alkyl halides is 3. The van der Waals surface area contributed by atoms with Crippen LogP contribution in [-0.4, -0.2) is 24.1 Å². The first kappa shape index (κ1) is 14.0. The molecule has 0 fully saturated rings. The van der Waals surface area contributed by atoms with E-state index in [0.717, 1.165) is 0 Å². The number of benzene rings is 1. The number of ether oxygens (including phenoxy) is 1. The molecule has 20 heavy (non-hydrogen) atoms. The van der Waals surface area contributed by atoms with Crippen LogP contribution in [-0.2, 0) is 0 Å². The summed E-state index contributed by atoms with van der Waals surface area (Å²) in [4.78, 5) is 14.9. The number of pyridine rings is 1. The highest BCUT2D eigenvalue weighted by atomic mass is 19.4. The number of aromatic nitrogens is 1. The Morgan fingerprint density at radius 2 is 2.05 bits per heavy atom. The Morgan fingerprint density at radius 3 is 2.65 bits per heavy atom. The third-order valence-corrected chi connectivity index (χ3v) is 2.53. The molecule has 0 bridgehead atoms. The SMILES string of the molecule is O=Cc1ccc(OCC(F)(F)F)cc1-c1cccnc1. The van der Waals surface area contributed by atoms with Crippen LogP contribution < -0.4 is 4.74 Å². The average molecular weight is 281 g/mol. The number of nitrogens with zero attached hydrogens (tertiary/aromatic N) is 1. The molecular formula is C14H10F3NO2. The van der Waals surface area contributed by atoms with E-state index in [0.29, 0.717) is 23.0 Å². The number of rotatable bonds is 4. The second-order valence-electron chi connectivity index (χ2n) is 4.01. The lowest BCUT2D eigenvalue weighted by Gasteiger charge is -2.11. The summed E-state index contributed by atoms with van der Waals surface area (Å²) < 4.78 is 41.0. The maximum Gasteiger partial charge on any atom is 0.422 e. The topological polar surface area (TPSA) is 39.2 Å². The third-order valence-electron chi connectivity index (χ3n) is 2.53. The summed E-state index contributed by atoms with van der Waals surface area (Å²) in [6, 6.07) is 7.53. The van der Waals surface area contributed by atoms with E-state index < -0.39 is 12.8 Å². The summed E-state index contributed by atoms with van der Waals surface area (Å²) in [6.07, 6.45) is -0.683. The summed E-state index contributed by atoms with van der Waals surface area (Å²) in [5.41, 5.74) is 1.47. The molecule has 104 valence electrons. The lowest BCUT2D eigenvalue weighted by molar-refractivity contribution is -0.153. The van der Waals surface area contributed by atoms with Crippen molar-refractivity contribution in [2.45, 2.75) is 6.18 Å². The smallest absolute Gasteiger partial charge is 0.422 e. The van der Waals surface area contributed by atoms with Gasteiger partial charge in [0.2, 0.25) is 0 Å². The van der Waals surface area contributed by atoms with E-state index in [1.54, 1.807) is 18.3 Å². The Kier molecular flexibility index (Phi) is 4.02. The van der Waals surface area contributed by atoms with E-state index >= 15 is 0 Å². The molecular weight excluding hydrogens is 271 g/mol. The lowest BCUT2D eigenvalue weighted by atomic mass is 10.0. The molecule has 1 heterocycles. The van der Waals surface area contributed by atoms with Crippen LogP contribution in [0, 0.1) is 0 Å². The van der Waals surface area contributed by atoms with Gasteiger partial charge >= 0.3 is 6.18 Å². The zero-order valence-electron chi connectivity index (χ0n) is 10.2. The Morgan fingerprint density at radius 1 is 1.25 bits per heavy atom. The predicted octanol–water partition coefficient (Wildman–Crippen LogP) is 3.50. The van der Waals surface area contributed by atoms with Gasteiger partial charge in [0.1, 0.15) is 5.75 Å². The molecule has 2 rings (SSSR count). The van der Waals surface area contributed by atoms with Gasteiger partial charge in [-0.3, -0.25) is 9.78 Å². The van der Waals surface area contributed by atoms with Crippen LogP contribution in [0.15, 0.2) is 42.7 Å². The van der Waals surface area contributed by atoms with Crippen molar-refractivity contribution >= 4 is 6.29 Å². The summed E-state index contributed by atoms with van der Waals surface area (Å²) in [5, 5.41) is 0. The molecule has 0 N–H and O–H groups in total. The Hall–Kier alpha value is -2.37. The fourth-order valence-corrected chi connectivity index (χ4v) is 1.67. The van der Waals surface area contributed by atoms with E-state index in [9.17, 15) is 18.0 Å². The minimum atomic E-state index is -4.40. The van der Waals surface area contributed by atoms with E-state index in [2.05, 4.69) is 9.72 Å². The molecule has 1 aromatic heterocycles. The van der Waals surface area contributed by atoms with Crippen LogP contribution in [0.25, 0.3) is 11.1 Å². The molecule has 1 aromatic carbocycles. The summed E-state index contributed by atoms with van der Waals surface area (Å²) in [6.45, 7) is -1.38. The van der Waals surface area contributed by atoms with Crippen molar-refractivity contribution in [2.75, 3.05) is 6.61 Å². The van der Waals surface area contributed by atoms with E-state index in [-0.39, 0.29) is 5.75 Å². The largest absolute Gasteiger partial charge is 0.484 e. The summed E-state index contributed by atoms with van der Waals surface area (Å²) >= 11 is 0. The van der Waals surface area contributed by atoms with Gasteiger partial charge in [-0.15, -0.1) is 0 Å². The highest BCUT2D eigenvalue weighted by Crippen LogP contribution is 2.27. The van der Waals surface area contributed by atoms with Crippen LogP contribution in [0.2, 0.25) is 0 Å². The van der Waals surface area contributed by atoms with Gasteiger partial charge < -0.3 is 4.74 Å². The van der Waals surface area contributed by atoms with Crippen molar-refractivity contribution in [3.8, 4) is 16.9 Å². The molecule has 3 nitrogen and oxygen atoms in total. The maximum absolute atomic E-state index is 12.1. The first-order valence-electron chi connectivity index (χ1n) is 5.69. The number of carbonyl (C=O) groups is 1. The first-order chi connectivity index (χ1) is 9.49. The number of halogens is 3.